The lowest BCUT2D eigenvalue weighted by atomic mass is 10.2. The number of urea groups is 1. The summed E-state index contributed by atoms with van der Waals surface area (Å²) in [5.41, 5.74) is 0.535. The van der Waals surface area contributed by atoms with Crippen molar-refractivity contribution in [3.05, 3.63) is 27.7 Å². The van der Waals surface area contributed by atoms with Crippen molar-refractivity contribution in [1.82, 2.24) is 4.90 Å². The molecular formula is C12H14BrClN2O3. The number of carbonyl (C=O) groups is 2. The van der Waals surface area contributed by atoms with Crippen molar-refractivity contribution in [2.45, 2.75) is 6.92 Å². The standard InChI is InChI=1S/C12H14BrClN2O3/c1-7(11(17)18)6-16(2)12(19)15-10-5-8(14)3-4-9(10)13/h3-5,7H,6H2,1-2H3,(H,15,19)(H,17,18). The van der Waals surface area contributed by atoms with E-state index in [1.54, 1.807) is 25.1 Å². The van der Waals surface area contributed by atoms with Gasteiger partial charge in [0.05, 0.1) is 11.6 Å². The van der Waals surface area contributed by atoms with Crippen LogP contribution in [0, 0.1) is 5.92 Å². The highest BCUT2D eigenvalue weighted by Gasteiger charge is 2.17. The minimum absolute atomic E-state index is 0.124. The number of nitrogens with zero attached hydrogens (tertiary/aromatic N) is 1. The Kier molecular flexibility index (Phi) is 5.62. The molecule has 5 nitrogen and oxygen atoms in total. The first-order chi connectivity index (χ1) is 8.81. The fourth-order valence-corrected chi connectivity index (χ4v) is 1.89. The monoisotopic (exact) mass is 348 g/mol. The molecule has 0 radical (unpaired) electrons. The summed E-state index contributed by atoms with van der Waals surface area (Å²) in [6, 6.07) is 4.63. The Balaban J connectivity index is 2.68. The summed E-state index contributed by atoms with van der Waals surface area (Å²) < 4.78 is 0.699. The first-order valence-electron chi connectivity index (χ1n) is 5.51. The van der Waals surface area contributed by atoms with Crippen LogP contribution in [0.2, 0.25) is 5.02 Å². The Labute approximate surface area is 124 Å². The van der Waals surface area contributed by atoms with Crippen molar-refractivity contribution in [1.29, 1.82) is 0 Å². The molecule has 1 aromatic rings. The number of carbonyl (C=O) groups excluding carboxylic acids is 1. The van der Waals surface area contributed by atoms with E-state index >= 15 is 0 Å². The molecule has 19 heavy (non-hydrogen) atoms. The Morgan fingerprint density at radius 3 is 2.74 bits per heavy atom. The van der Waals surface area contributed by atoms with E-state index in [-0.39, 0.29) is 6.54 Å². The van der Waals surface area contributed by atoms with E-state index in [2.05, 4.69) is 21.2 Å². The highest BCUT2D eigenvalue weighted by molar-refractivity contribution is 9.10. The van der Waals surface area contributed by atoms with Crippen molar-refractivity contribution < 1.29 is 14.7 Å². The number of carboxylic acid groups (broad SMARTS) is 1. The number of hydrogen-bond donors (Lipinski definition) is 2. The molecule has 1 atom stereocenters. The van der Waals surface area contributed by atoms with Gasteiger partial charge in [0.1, 0.15) is 0 Å². The third kappa shape index (κ3) is 4.72. The van der Waals surface area contributed by atoms with Gasteiger partial charge in [0.25, 0.3) is 0 Å². The summed E-state index contributed by atoms with van der Waals surface area (Å²) >= 11 is 9.14. The summed E-state index contributed by atoms with van der Waals surface area (Å²) in [7, 11) is 1.53. The molecule has 0 aromatic heterocycles. The number of rotatable bonds is 4. The lowest BCUT2D eigenvalue weighted by molar-refractivity contribution is -0.141. The molecule has 1 unspecified atom stereocenters. The fraction of sp³-hybridized carbons (Fsp3) is 0.333. The van der Waals surface area contributed by atoms with E-state index in [1.807, 2.05) is 0 Å². The molecule has 0 bridgehead atoms. The molecule has 2 N–H and O–H groups in total. The molecule has 0 heterocycles. The molecule has 2 amide bonds. The molecule has 0 aliphatic carbocycles. The van der Waals surface area contributed by atoms with Crippen molar-refractivity contribution in [2.75, 3.05) is 18.9 Å². The smallest absolute Gasteiger partial charge is 0.321 e. The van der Waals surface area contributed by atoms with Crippen molar-refractivity contribution >= 4 is 45.2 Å². The first-order valence-corrected chi connectivity index (χ1v) is 6.68. The number of carboxylic acids is 1. The lowest BCUT2D eigenvalue weighted by Gasteiger charge is -2.20. The molecule has 1 rings (SSSR count). The van der Waals surface area contributed by atoms with Gasteiger partial charge < -0.3 is 15.3 Å². The van der Waals surface area contributed by atoms with Gasteiger partial charge in [-0.05, 0) is 34.1 Å². The van der Waals surface area contributed by atoms with E-state index in [9.17, 15) is 9.59 Å². The highest BCUT2D eigenvalue weighted by atomic mass is 79.9. The van der Waals surface area contributed by atoms with Crippen LogP contribution >= 0.6 is 27.5 Å². The second-order valence-electron chi connectivity index (χ2n) is 4.17. The summed E-state index contributed by atoms with van der Waals surface area (Å²) in [5, 5.41) is 12.0. The third-order valence-corrected chi connectivity index (χ3v) is 3.41. The van der Waals surface area contributed by atoms with Gasteiger partial charge in [0.2, 0.25) is 0 Å². The second-order valence-corrected chi connectivity index (χ2v) is 5.46. The normalized spacial score (nSPS) is 11.8. The van der Waals surface area contributed by atoms with Crippen LogP contribution in [0.25, 0.3) is 0 Å². The predicted molar refractivity (Wildman–Crippen MR) is 77.6 cm³/mol. The number of anilines is 1. The largest absolute Gasteiger partial charge is 0.481 e. The molecular weight excluding hydrogens is 336 g/mol. The van der Waals surface area contributed by atoms with Crippen molar-refractivity contribution in [2.24, 2.45) is 5.92 Å². The van der Waals surface area contributed by atoms with Crippen molar-refractivity contribution in [3.63, 3.8) is 0 Å². The molecule has 104 valence electrons. The number of nitrogens with one attached hydrogen (secondary N) is 1. The third-order valence-electron chi connectivity index (χ3n) is 2.49. The summed E-state index contributed by atoms with van der Waals surface area (Å²) in [6.07, 6.45) is 0. The van der Waals surface area contributed by atoms with Crippen LogP contribution in [0.3, 0.4) is 0 Å². The van der Waals surface area contributed by atoms with Crippen molar-refractivity contribution in [3.8, 4) is 0 Å². The van der Waals surface area contributed by atoms with Gasteiger partial charge in [-0.25, -0.2) is 4.79 Å². The van der Waals surface area contributed by atoms with Gasteiger partial charge in [-0.1, -0.05) is 18.5 Å². The van der Waals surface area contributed by atoms with Gasteiger partial charge >= 0.3 is 12.0 Å². The number of aliphatic carboxylic acids is 1. The van der Waals surface area contributed by atoms with Crippen LogP contribution in [0.1, 0.15) is 6.92 Å². The number of halogens is 2. The number of amides is 2. The van der Waals surface area contributed by atoms with Crippen LogP contribution in [0.15, 0.2) is 22.7 Å². The van der Waals surface area contributed by atoms with Crippen LogP contribution in [-0.4, -0.2) is 35.6 Å². The minimum atomic E-state index is -0.941. The molecule has 0 saturated carbocycles. The predicted octanol–water partition coefficient (Wildman–Crippen LogP) is 3.29. The fourth-order valence-electron chi connectivity index (χ4n) is 1.38. The molecule has 0 spiro atoms. The maximum absolute atomic E-state index is 11.9. The molecule has 0 aliphatic heterocycles. The van der Waals surface area contributed by atoms with E-state index in [0.29, 0.717) is 15.2 Å². The lowest BCUT2D eigenvalue weighted by Crippen LogP contribution is -2.36. The van der Waals surface area contributed by atoms with Gasteiger partial charge in [0.15, 0.2) is 0 Å². The Hall–Kier alpha value is -1.27. The summed E-state index contributed by atoms with van der Waals surface area (Å²) in [5.74, 6) is -1.57. The topological polar surface area (TPSA) is 69.6 Å². The van der Waals surface area contributed by atoms with Crippen LogP contribution in [0.5, 0.6) is 0 Å². The Morgan fingerprint density at radius 1 is 1.53 bits per heavy atom. The van der Waals surface area contributed by atoms with Gasteiger partial charge in [-0.15, -0.1) is 0 Å². The molecule has 0 saturated heterocycles. The molecule has 1 aromatic carbocycles. The van der Waals surface area contributed by atoms with Gasteiger partial charge in [-0.2, -0.15) is 0 Å². The first kappa shape index (κ1) is 15.8. The van der Waals surface area contributed by atoms with E-state index < -0.39 is 17.9 Å². The zero-order valence-electron chi connectivity index (χ0n) is 10.5. The maximum Gasteiger partial charge on any atom is 0.321 e. The van der Waals surface area contributed by atoms with E-state index in [4.69, 9.17) is 16.7 Å². The SMILES string of the molecule is CC(CN(C)C(=O)Nc1cc(Cl)ccc1Br)C(=O)O. The Bertz CT molecular complexity index is 496. The average molecular weight is 350 g/mol. The zero-order chi connectivity index (χ0) is 14.6. The molecule has 0 aliphatic rings. The van der Waals surface area contributed by atoms with Gasteiger partial charge in [0, 0.05) is 23.1 Å². The Morgan fingerprint density at radius 2 is 2.16 bits per heavy atom. The van der Waals surface area contributed by atoms with Gasteiger partial charge in [-0.3, -0.25) is 4.79 Å². The van der Waals surface area contributed by atoms with Crippen LogP contribution in [-0.2, 0) is 4.79 Å². The highest BCUT2D eigenvalue weighted by Crippen LogP contribution is 2.26. The molecule has 7 heteroatoms. The average Bonchev–Trinajstić information content (AvgIpc) is 2.33. The summed E-state index contributed by atoms with van der Waals surface area (Å²) in [6.45, 7) is 1.67. The van der Waals surface area contributed by atoms with Crippen LogP contribution < -0.4 is 5.32 Å². The quantitative estimate of drug-likeness (QED) is 0.876. The zero-order valence-corrected chi connectivity index (χ0v) is 12.8. The maximum atomic E-state index is 11.9. The number of benzene rings is 1. The minimum Gasteiger partial charge on any atom is -0.481 e. The second kappa shape index (κ2) is 6.77. The summed E-state index contributed by atoms with van der Waals surface area (Å²) in [4.78, 5) is 23.9. The molecule has 0 fully saturated rings. The van der Waals surface area contributed by atoms with E-state index in [1.165, 1.54) is 11.9 Å². The van der Waals surface area contributed by atoms with Crippen LogP contribution in [0.4, 0.5) is 10.5 Å². The number of hydrogen-bond acceptors (Lipinski definition) is 2. The van der Waals surface area contributed by atoms with E-state index in [0.717, 1.165) is 0 Å².